The van der Waals surface area contributed by atoms with Crippen molar-refractivity contribution in [2.45, 2.75) is 0 Å². The van der Waals surface area contributed by atoms with Crippen LogP contribution in [0.5, 0.6) is 0 Å². The van der Waals surface area contributed by atoms with Crippen molar-refractivity contribution >= 4 is 65.3 Å². The summed E-state index contributed by atoms with van der Waals surface area (Å²) in [6.45, 7) is 0. The van der Waals surface area contributed by atoms with Crippen LogP contribution in [0.1, 0.15) is 0 Å². The van der Waals surface area contributed by atoms with E-state index in [1.165, 1.54) is 59.9 Å². The molecule has 0 amide bonds. The van der Waals surface area contributed by atoms with Crippen molar-refractivity contribution in [3.8, 4) is 16.8 Å². The van der Waals surface area contributed by atoms with Crippen molar-refractivity contribution in [1.29, 1.82) is 0 Å². The highest BCUT2D eigenvalue weighted by Crippen LogP contribution is 2.42. The first-order chi connectivity index (χ1) is 19.8. The minimum Gasteiger partial charge on any atom is -0.456 e. The lowest BCUT2D eigenvalue weighted by atomic mass is 9.98. The summed E-state index contributed by atoms with van der Waals surface area (Å²) < 4.78 is 8.91. The van der Waals surface area contributed by atoms with Gasteiger partial charge in [0.15, 0.2) is 0 Å². The first kappa shape index (κ1) is 21.6. The fourth-order valence-corrected chi connectivity index (χ4v) is 6.55. The monoisotopic (exact) mass is 509 g/mol. The number of nitrogens with zero attached hydrogens (tertiary/aromatic N) is 1. The fraction of sp³-hybridized carbons (Fsp3) is 0. The van der Waals surface area contributed by atoms with Crippen molar-refractivity contribution in [2.75, 3.05) is 0 Å². The van der Waals surface area contributed by atoms with Gasteiger partial charge in [-0.15, -0.1) is 0 Å². The van der Waals surface area contributed by atoms with Gasteiger partial charge in [0.1, 0.15) is 11.2 Å². The van der Waals surface area contributed by atoms with Crippen LogP contribution in [0.25, 0.3) is 82.1 Å². The topological polar surface area (TPSA) is 18.1 Å². The van der Waals surface area contributed by atoms with Crippen LogP contribution in [0, 0.1) is 0 Å². The van der Waals surface area contributed by atoms with E-state index in [2.05, 4.69) is 144 Å². The molecular weight excluding hydrogens is 486 g/mol. The van der Waals surface area contributed by atoms with Gasteiger partial charge in [-0.3, -0.25) is 0 Å². The molecule has 40 heavy (non-hydrogen) atoms. The smallest absolute Gasteiger partial charge is 0.136 e. The molecule has 0 unspecified atom stereocenters. The summed E-state index contributed by atoms with van der Waals surface area (Å²) >= 11 is 0. The zero-order valence-electron chi connectivity index (χ0n) is 21.6. The van der Waals surface area contributed by atoms with Gasteiger partial charge in [-0.2, -0.15) is 0 Å². The highest BCUT2D eigenvalue weighted by molar-refractivity contribution is 6.26. The predicted octanol–water partition coefficient (Wildman–Crippen LogP) is 10.7. The van der Waals surface area contributed by atoms with Crippen LogP contribution in [0.4, 0.5) is 0 Å². The van der Waals surface area contributed by atoms with Crippen molar-refractivity contribution in [3.05, 3.63) is 140 Å². The molecule has 9 aromatic rings. The molecule has 2 nitrogen and oxygen atoms in total. The molecule has 0 saturated heterocycles. The molecule has 0 bridgehead atoms. The molecule has 0 radical (unpaired) electrons. The molecule has 0 aliphatic carbocycles. The minimum atomic E-state index is 0.920. The van der Waals surface area contributed by atoms with Gasteiger partial charge >= 0.3 is 0 Å². The maximum absolute atomic E-state index is 6.51. The Hall–Kier alpha value is -5.34. The normalized spacial score (nSPS) is 12.0. The molecule has 186 valence electrons. The Labute approximate surface area is 230 Å². The van der Waals surface area contributed by atoms with Crippen LogP contribution < -0.4 is 0 Å². The SMILES string of the molecule is c1ccc(-c2ccc3c(ccc4c3c3cc5oc6ccc7ccccc7c6c5cc3n4-c3ccccc3)c2)cc1. The lowest BCUT2D eigenvalue weighted by Gasteiger charge is -2.09. The predicted molar refractivity (Wildman–Crippen MR) is 169 cm³/mol. The average Bonchev–Trinajstić information content (AvgIpc) is 3.55. The third kappa shape index (κ3) is 2.99. The molecule has 2 heteroatoms. The molecule has 0 aliphatic heterocycles. The van der Waals surface area contributed by atoms with E-state index in [-0.39, 0.29) is 0 Å². The lowest BCUT2D eigenvalue weighted by Crippen LogP contribution is -1.93. The van der Waals surface area contributed by atoms with Gasteiger partial charge in [0.2, 0.25) is 0 Å². The summed E-state index contributed by atoms with van der Waals surface area (Å²) in [5.41, 5.74) is 7.84. The van der Waals surface area contributed by atoms with E-state index in [1.54, 1.807) is 0 Å². The van der Waals surface area contributed by atoms with Crippen molar-refractivity contribution < 1.29 is 4.42 Å². The maximum Gasteiger partial charge on any atom is 0.136 e. The molecule has 0 aliphatic rings. The van der Waals surface area contributed by atoms with E-state index in [0.717, 1.165) is 22.2 Å². The standard InChI is InChI=1S/C38H23NO/c1-3-9-24(10-4-1)26-15-18-30-27(21-26)16-19-33-37(30)31-23-36-32(22-34(31)39(33)28-12-5-2-6-13-28)38-29-14-8-7-11-25(29)17-20-35(38)40-36/h1-23H. The van der Waals surface area contributed by atoms with E-state index < -0.39 is 0 Å². The number of fused-ring (bicyclic) bond motifs is 10. The number of furan rings is 1. The van der Waals surface area contributed by atoms with Crippen LogP contribution in [-0.2, 0) is 0 Å². The molecule has 0 spiro atoms. The molecule has 2 aromatic heterocycles. The molecule has 7 aromatic carbocycles. The second-order valence-electron chi connectivity index (χ2n) is 10.6. The largest absolute Gasteiger partial charge is 0.456 e. The first-order valence-electron chi connectivity index (χ1n) is 13.7. The number of aromatic nitrogens is 1. The van der Waals surface area contributed by atoms with Gasteiger partial charge in [0, 0.05) is 27.2 Å². The van der Waals surface area contributed by atoms with E-state index in [4.69, 9.17) is 4.42 Å². The van der Waals surface area contributed by atoms with Gasteiger partial charge in [-0.05, 0) is 75.1 Å². The van der Waals surface area contributed by atoms with Crippen LogP contribution in [0.3, 0.4) is 0 Å². The molecule has 0 atom stereocenters. The van der Waals surface area contributed by atoms with Gasteiger partial charge in [0.05, 0.1) is 11.0 Å². The van der Waals surface area contributed by atoms with E-state index in [1.807, 2.05) is 0 Å². The highest BCUT2D eigenvalue weighted by atomic mass is 16.3. The Morgan fingerprint density at radius 2 is 1.15 bits per heavy atom. The second-order valence-corrected chi connectivity index (χ2v) is 10.6. The number of hydrogen-bond acceptors (Lipinski definition) is 1. The molecule has 9 rings (SSSR count). The molecule has 0 saturated carbocycles. The Morgan fingerprint density at radius 3 is 2.02 bits per heavy atom. The zero-order valence-corrected chi connectivity index (χ0v) is 21.6. The number of hydrogen-bond donors (Lipinski definition) is 0. The Morgan fingerprint density at radius 1 is 0.400 bits per heavy atom. The quantitative estimate of drug-likeness (QED) is 0.227. The van der Waals surface area contributed by atoms with Gasteiger partial charge < -0.3 is 8.98 Å². The Bertz CT molecular complexity index is 2410. The minimum absolute atomic E-state index is 0.920. The van der Waals surface area contributed by atoms with Gasteiger partial charge in [-0.25, -0.2) is 0 Å². The van der Waals surface area contributed by atoms with Crippen LogP contribution in [0.2, 0.25) is 0 Å². The summed E-state index contributed by atoms with van der Waals surface area (Å²) in [5, 5.41) is 9.71. The molecular formula is C38H23NO. The lowest BCUT2D eigenvalue weighted by molar-refractivity contribution is 0.670. The van der Waals surface area contributed by atoms with E-state index in [0.29, 0.717) is 0 Å². The fourth-order valence-electron chi connectivity index (χ4n) is 6.55. The summed E-state index contributed by atoms with van der Waals surface area (Å²) in [6.07, 6.45) is 0. The molecule has 0 fully saturated rings. The van der Waals surface area contributed by atoms with Crippen LogP contribution in [-0.4, -0.2) is 4.57 Å². The number of benzene rings is 7. The second kappa shape index (κ2) is 8.08. The summed E-state index contributed by atoms with van der Waals surface area (Å²) in [5.74, 6) is 0. The summed E-state index contributed by atoms with van der Waals surface area (Å²) in [6, 6.07) is 50.0. The van der Waals surface area contributed by atoms with Gasteiger partial charge in [-0.1, -0.05) is 97.1 Å². The van der Waals surface area contributed by atoms with E-state index >= 15 is 0 Å². The van der Waals surface area contributed by atoms with Crippen molar-refractivity contribution in [3.63, 3.8) is 0 Å². The Kier molecular flexibility index (Phi) is 4.36. The molecule has 2 heterocycles. The third-order valence-electron chi connectivity index (χ3n) is 8.35. The summed E-state index contributed by atoms with van der Waals surface area (Å²) in [7, 11) is 0. The van der Waals surface area contributed by atoms with Crippen LogP contribution in [0.15, 0.2) is 144 Å². The van der Waals surface area contributed by atoms with Crippen molar-refractivity contribution in [2.24, 2.45) is 0 Å². The third-order valence-corrected chi connectivity index (χ3v) is 8.35. The van der Waals surface area contributed by atoms with Crippen LogP contribution >= 0.6 is 0 Å². The number of rotatable bonds is 2. The molecule has 0 N–H and O–H groups in total. The highest BCUT2D eigenvalue weighted by Gasteiger charge is 2.19. The number of para-hydroxylation sites is 1. The zero-order chi connectivity index (χ0) is 26.2. The maximum atomic E-state index is 6.51. The van der Waals surface area contributed by atoms with Gasteiger partial charge in [0.25, 0.3) is 0 Å². The van der Waals surface area contributed by atoms with Crippen molar-refractivity contribution in [1.82, 2.24) is 4.57 Å². The average molecular weight is 510 g/mol. The Balaban J connectivity index is 1.43. The first-order valence-corrected chi connectivity index (χ1v) is 13.7. The summed E-state index contributed by atoms with van der Waals surface area (Å²) in [4.78, 5) is 0. The van der Waals surface area contributed by atoms with E-state index in [9.17, 15) is 0 Å².